The molecule has 6 nitrogen and oxygen atoms in total. The molecule has 1 fully saturated rings. The molecule has 0 unspecified atom stereocenters. The lowest BCUT2D eigenvalue weighted by atomic mass is 10.1. The van der Waals surface area contributed by atoms with E-state index in [1.54, 1.807) is 0 Å². The first-order valence-corrected chi connectivity index (χ1v) is 8.76. The number of hydrogen-bond donors (Lipinski definition) is 1. The first-order valence-electron chi connectivity index (χ1n) is 8.76. The van der Waals surface area contributed by atoms with E-state index in [9.17, 15) is 14.4 Å². The topological polar surface area (TPSA) is 75.7 Å². The molecule has 0 aromatic heterocycles. The summed E-state index contributed by atoms with van der Waals surface area (Å²) in [7, 11) is 0. The Hall–Kier alpha value is -2.21. The molecule has 0 spiro atoms. The van der Waals surface area contributed by atoms with Crippen LogP contribution >= 0.6 is 0 Å². The molecular formula is C19H26N2O4. The van der Waals surface area contributed by atoms with Crippen LogP contribution < -0.4 is 5.32 Å². The van der Waals surface area contributed by atoms with Gasteiger partial charge in [0, 0.05) is 26.1 Å². The van der Waals surface area contributed by atoms with Crippen LogP contribution in [0.3, 0.4) is 0 Å². The molecule has 1 atom stereocenters. The minimum atomic E-state index is -0.667. The number of ether oxygens (including phenoxy) is 1. The van der Waals surface area contributed by atoms with E-state index in [0.717, 1.165) is 5.56 Å². The smallest absolute Gasteiger partial charge is 0.289 e. The normalized spacial score (nSPS) is 17.2. The number of amides is 2. The maximum atomic E-state index is 12.4. The Morgan fingerprint density at radius 1 is 1.28 bits per heavy atom. The van der Waals surface area contributed by atoms with Gasteiger partial charge in [0.1, 0.15) is 6.04 Å². The molecule has 1 aromatic carbocycles. The average Bonchev–Trinajstić information content (AvgIpc) is 2.95. The molecule has 0 radical (unpaired) electrons. The summed E-state index contributed by atoms with van der Waals surface area (Å²) >= 11 is 0. The number of carbonyl (C=O) groups excluding carboxylic acids is 3. The Balaban J connectivity index is 1.86. The number of hydrogen-bond acceptors (Lipinski definition) is 4. The quantitative estimate of drug-likeness (QED) is 0.545. The fourth-order valence-electron chi connectivity index (χ4n) is 2.82. The number of ketones is 1. The van der Waals surface area contributed by atoms with Gasteiger partial charge in [-0.25, -0.2) is 0 Å². The van der Waals surface area contributed by atoms with E-state index in [0.29, 0.717) is 39.0 Å². The standard InChI is InChI=1S/C19H26N2O4/c1-14(2)25-12-6-11-20-19(24)18(23)16-9-10-17(22)21(16)13-15-7-4-3-5-8-15/h3-5,7-8,14,16H,6,9-13H2,1-2H3,(H,20,24)/t16-/m1/s1. The molecule has 1 aromatic rings. The van der Waals surface area contributed by atoms with Gasteiger partial charge in [-0.3, -0.25) is 14.4 Å². The highest BCUT2D eigenvalue weighted by Gasteiger charge is 2.38. The molecule has 2 rings (SSSR count). The molecule has 1 heterocycles. The van der Waals surface area contributed by atoms with Crippen molar-refractivity contribution in [1.29, 1.82) is 0 Å². The zero-order valence-electron chi connectivity index (χ0n) is 14.9. The number of Topliss-reactive ketones (excluding diaryl/α,β-unsaturated/α-hetero) is 1. The Morgan fingerprint density at radius 3 is 2.68 bits per heavy atom. The molecule has 2 amide bonds. The Kier molecular flexibility index (Phi) is 7.13. The van der Waals surface area contributed by atoms with Gasteiger partial charge in [-0.1, -0.05) is 30.3 Å². The van der Waals surface area contributed by atoms with Crippen LogP contribution in [-0.4, -0.2) is 47.8 Å². The molecular weight excluding hydrogens is 320 g/mol. The van der Waals surface area contributed by atoms with E-state index in [1.165, 1.54) is 4.90 Å². The van der Waals surface area contributed by atoms with Crippen LogP contribution in [0.15, 0.2) is 30.3 Å². The average molecular weight is 346 g/mol. The van der Waals surface area contributed by atoms with Gasteiger partial charge in [-0.05, 0) is 32.3 Å². The van der Waals surface area contributed by atoms with E-state index in [1.807, 2.05) is 44.2 Å². The lowest BCUT2D eigenvalue weighted by Gasteiger charge is -2.23. The van der Waals surface area contributed by atoms with Crippen LogP contribution in [0.4, 0.5) is 0 Å². The predicted molar refractivity (Wildman–Crippen MR) is 93.7 cm³/mol. The summed E-state index contributed by atoms with van der Waals surface area (Å²) in [6, 6.07) is 8.81. The molecule has 0 aliphatic carbocycles. The third-order valence-corrected chi connectivity index (χ3v) is 4.11. The first kappa shape index (κ1) is 19.1. The van der Waals surface area contributed by atoms with Gasteiger partial charge >= 0.3 is 0 Å². The van der Waals surface area contributed by atoms with Crippen molar-refractivity contribution in [3.63, 3.8) is 0 Å². The van der Waals surface area contributed by atoms with Gasteiger partial charge in [-0.15, -0.1) is 0 Å². The lowest BCUT2D eigenvalue weighted by Crippen LogP contribution is -2.45. The SMILES string of the molecule is CC(C)OCCCNC(=O)C(=O)[C@H]1CCC(=O)N1Cc1ccccc1. The molecule has 1 N–H and O–H groups in total. The van der Waals surface area contributed by atoms with E-state index < -0.39 is 17.7 Å². The molecule has 136 valence electrons. The number of nitrogens with zero attached hydrogens (tertiary/aromatic N) is 1. The van der Waals surface area contributed by atoms with Gasteiger partial charge in [0.15, 0.2) is 0 Å². The molecule has 1 saturated heterocycles. The van der Waals surface area contributed by atoms with Crippen molar-refractivity contribution in [3.05, 3.63) is 35.9 Å². The van der Waals surface area contributed by atoms with Gasteiger partial charge in [-0.2, -0.15) is 0 Å². The minimum Gasteiger partial charge on any atom is -0.379 e. The number of nitrogens with one attached hydrogen (secondary N) is 1. The fraction of sp³-hybridized carbons (Fsp3) is 0.526. The third kappa shape index (κ3) is 5.67. The summed E-state index contributed by atoms with van der Waals surface area (Å²) < 4.78 is 5.39. The van der Waals surface area contributed by atoms with Crippen LogP contribution in [0.2, 0.25) is 0 Å². The van der Waals surface area contributed by atoms with E-state index in [-0.39, 0.29) is 12.0 Å². The molecule has 0 saturated carbocycles. The van der Waals surface area contributed by atoms with Crippen molar-refractivity contribution in [2.45, 2.75) is 51.8 Å². The second-order valence-electron chi connectivity index (χ2n) is 6.45. The second kappa shape index (κ2) is 9.32. The van der Waals surface area contributed by atoms with Crippen molar-refractivity contribution in [2.75, 3.05) is 13.2 Å². The highest BCUT2D eigenvalue weighted by Crippen LogP contribution is 2.22. The fourth-order valence-corrected chi connectivity index (χ4v) is 2.82. The van der Waals surface area contributed by atoms with Gasteiger partial charge in [0.2, 0.25) is 11.7 Å². The largest absolute Gasteiger partial charge is 0.379 e. The Morgan fingerprint density at radius 2 is 2.00 bits per heavy atom. The molecule has 1 aliphatic heterocycles. The highest BCUT2D eigenvalue weighted by atomic mass is 16.5. The number of likely N-dealkylation sites (tertiary alicyclic amines) is 1. The van der Waals surface area contributed by atoms with Crippen molar-refractivity contribution in [1.82, 2.24) is 10.2 Å². The first-order chi connectivity index (χ1) is 12.0. The second-order valence-corrected chi connectivity index (χ2v) is 6.45. The van der Waals surface area contributed by atoms with Crippen molar-refractivity contribution in [2.24, 2.45) is 0 Å². The predicted octanol–water partition coefficient (Wildman–Crippen LogP) is 1.68. The summed E-state index contributed by atoms with van der Waals surface area (Å²) in [6.07, 6.45) is 1.50. The molecule has 6 heteroatoms. The van der Waals surface area contributed by atoms with Crippen LogP contribution in [-0.2, 0) is 25.7 Å². The third-order valence-electron chi connectivity index (χ3n) is 4.11. The Labute approximate surface area is 148 Å². The van der Waals surface area contributed by atoms with Crippen LogP contribution in [0, 0.1) is 0 Å². The summed E-state index contributed by atoms with van der Waals surface area (Å²) in [4.78, 5) is 38.1. The monoisotopic (exact) mass is 346 g/mol. The zero-order chi connectivity index (χ0) is 18.2. The highest BCUT2D eigenvalue weighted by molar-refractivity contribution is 6.38. The number of carbonyl (C=O) groups is 3. The summed E-state index contributed by atoms with van der Waals surface area (Å²) in [5, 5.41) is 2.63. The summed E-state index contributed by atoms with van der Waals surface area (Å²) in [5.74, 6) is -1.24. The van der Waals surface area contributed by atoms with E-state index in [2.05, 4.69) is 5.32 Å². The summed E-state index contributed by atoms with van der Waals surface area (Å²) in [6.45, 7) is 5.16. The van der Waals surface area contributed by atoms with Crippen molar-refractivity contribution < 1.29 is 19.1 Å². The minimum absolute atomic E-state index is 0.0830. The van der Waals surface area contributed by atoms with Gasteiger partial charge < -0.3 is 15.0 Å². The van der Waals surface area contributed by atoms with Crippen LogP contribution in [0.1, 0.15) is 38.7 Å². The van der Waals surface area contributed by atoms with Gasteiger partial charge in [0.25, 0.3) is 5.91 Å². The van der Waals surface area contributed by atoms with Crippen molar-refractivity contribution in [3.8, 4) is 0 Å². The van der Waals surface area contributed by atoms with Crippen molar-refractivity contribution >= 4 is 17.6 Å². The van der Waals surface area contributed by atoms with E-state index >= 15 is 0 Å². The maximum Gasteiger partial charge on any atom is 0.289 e. The van der Waals surface area contributed by atoms with Gasteiger partial charge in [0.05, 0.1) is 6.10 Å². The molecule has 0 bridgehead atoms. The molecule has 1 aliphatic rings. The van der Waals surface area contributed by atoms with E-state index in [4.69, 9.17) is 4.74 Å². The zero-order valence-corrected chi connectivity index (χ0v) is 14.9. The summed E-state index contributed by atoms with van der Waals surface area (Å²) in [5.41, 5.74) is 0.946. The lowest BCUT2D eigenvalue weighted by molar-refractivity contribution is -0.143. The maximum absolute atomic E-state index is 12.4. The molecule has 25 heavy (non-hydrogen) atoms. The van der Waals surface area contributed by atoms with Crippen LogP contribution in [0.5, 0.6) is 0 Å². The van der Waals surface area contributed by atoms with Crippen LogP contribution in [0.25, 0.3) is 0 Å². The number of benzene rings is 1. The Bertz CT molecular complexity index is 601. The number of rotatable bonds is 9.